The van der Waals surface area contributed by atoms with Crippen LogP contribution in [-0.2, 0) is 11.2 Å². The number of carbonyl (C=O) groups excluding carboxylic acids is 2. The Kier molecular flexibility index (Phi) is 6.93. The number of amides is 1. The second-order valence-electron chi connectivity index (χ2n) is 8.04. The lowest BCUT2D eigenvalue weighted by Gasteiger charge is -2.27. The van der Waals surface area contributed by atoms with Crippen LogP contribution in [0.3, 0.4) is 0 Å². The van der Waals surface area contributed by atoms with Gasteiger partial charge in [-0.2, -0.15) is 0 Å². The van der Waals surface area contributed by atoms with E-state index in [1.54, 1.807) is 30.0 Å². The molecule has 1 aromatic heterocycles. The number of aryl methyl sites for hydroxylation is 2. The van der Waals surface area contributed by atoms with E-state index in [9.17, 15) is 14.7 Å². The molecule has 1 N–H and O–H groups in total. The fraction of sp³-hybridized carbons (Fsp3) is 0.222. The molecular weight excluding hydrogens is 448 g/mol. The highest BCUT2D eigenvalue weighted by molar-refractivity contribution is 7.14. The van der Waals surface area contributed by atoms with E-state index < -0.39 is 17.7 Å². The van der Waals surface area contributed by atoms with E-state index in [0.717, 1.165) is 16.1 Å². The molecule has 0 radical (unpaired) electrons. The highest BCUT2D eigenvalue weighted by atomic mass is 32.1. The summed E-state index contributed by atoms with van der Waals surface area (Å²) in [5.41, 5.74) is 2.47. The number of hydrogen-bond acceptors (Lipinski definition) is 6. The lowest BCUT2D eigenvalue weighted by atomic mass is 9.94. The van der Waals surface area contributed by atoms with Gasteiger partial charge >= 0.3 is 0 Å². The van der Waals surface area contributed by atoms with Gasteiger partial charge in [0, 0.05) is 6.54 Å². The minimum atomic E-state index is -0.709. The third-order valence-corrected chi connectivity index (χ3v) is 6.78. The first-order chi connectivity index (χ1) is 16.4. The predicted molar refractivity (Wildman–Crippen MR) is 132 cm³/mol. The van der Waals surface area contributed by atoms with Gasteiger partial charge in [0.2, 0.25) is 5.78 Å². The molecule has 174 valence electrons. The maximum absolute atomic E-state index is 13.6. The minimum absolute atomic E-state index is 0.0876. The predicted octanol–water partition coefficient (Wildman–Crippen LogP) is 5.15. The Balaban J connectivity index is 1.71. The molecule has 4 rings (SSSR count). The summed E-state index contributed by atoms with van der Waals surface area (Å²) in [5, 5.41) is 11.6. The summed E-state index contributed by atoms with van der Waals surface area (Å²) in [5.74, 6) is -0.761. The first-order valence-electron chi connectivity index (χ1n) is 11.0. The second kappa shape index (κ2) is 10.1. The van der Waals surface area contributed by atoms with Crippen molar-refractivity contribution in [3.63, 3.8) is 0 Å². The lowest BCUT2D eigenvalue weighted by molar-refractivity contribution is -0.129. The Morgan fingerprint density at radius 2 is 1.88 bits per heavy atom. The molecule has 6 nitrogen and oxygen atoms in total. The summed E-state index contributed by atoms with van der Waals surface area (Å²) in [6.45, 7) is 7.97. The van der Waals surface area contributed by atoms with Gasteiger partial charge < -0.3 is 14.7 Å². The van der Waals surface area contributed by atoms with E-state index >= 15 is 0 Å². The highest BCUT2D eigenvalue weighted by Gasteiger charge is 2.44. The van der Waals surface area contributed by atoms with Crippen LogP contribution < -0.4 is 4.74 Å². The molecule has 0 fully saturated rings. The van der Waals surface area contributed by atoms with Crippen molar-refractivity contribution in [1.82, 2.24) is 9.88 Å². The molecule has 1 aliphatic heterocycles. The third-order valence-electron chi connectivity index (χ3n) is 5.71. The zero-order valence-electron chi connectivity index (χ0n) is 19.2. The molecule has 34 heavy (non-hydrogen) atoms. The van der Waals surface area contributed by atoms with Gasteiger partial charge in [-0.25, -0.2) is 4.98 Å². The molecule has 0 bridgehead atoms. The van der Waals surface area contributed by atoms with E-state index in [1.807, 2.05) is 49.4 Å². The normalized spacial score (nSPS) is 15.6. The third kappa shape index (κ3) is 4.65. The van der Waals surface area contributed by atoms with Gasteiger partial charge in [-0.15, -0.1) is 11.3 Å². The molecule has 2 aromatic carbocycles. The maximum atomic E-state index is 13.6. The summed E-state index contributed by atoms with van der Waals surface area (Å²) in [6.07, 6.45) is 2.25. The summed E-state index contributed by atoms with van der Waals surface area (Å²) in [6, 6.07) is 16.3. The molecule has 0 saturated heterocycles. The molecule has 0 saturated carbocycles. The molecule has 0 spiro atoms. The standard InChI is InChI=1S/C27H26N2O4S/c1-4-16-33-21-12-10-20(11-13-21)23-22(24(30)26-17(2)28-18(3)34-26)25(31)27(32)29(23)15-14-19-8-6-5-7-9-19/h4-13,23,31H,1,14-16H2,2-3H3. The SMILES string of the molecule is C=CCOc1ccc(C2C(C(=O)c3sc(C)nc3C)=C(O)C(=O)N2CCc2ccccc2)cc1. The van der Waals surface area contributed by atoms with Crippen LogP contribution in [0.15, 0.2) is 78.6 Å². The number of rotatable bonds is 9. The number of carbonyl (C=O) groups is 2. The summed E-state index contributed by atoms with van der Waals surface area (Å²) in [4.78, 5) is 33.1. The van der Waals surface area contributed by atoms with Crippen molar-refractivity contribution in [2.45, 2.75) is 26.3 Å². The number of ether oxygens (including phenoxy) is 1. The Morgan fingerprint density at radius 3 is 2.50 bits per heavy atom. The average Bonchev–Trinajstić information content (AvgIpc) is 3.32. The van der Waals surface area contributed by atoms with Gasteiger partial charge in [0.1, 0.15) is 12.4 Å². The van der Waals surface area contributed by atoms with Crippen molar-refractivity contribution in [2.75, 3.05) is 13.2 Å². The zero-order chi connectivity index (χ0) is 24.2. The molecule has 3 aromatic rings. The van der Waals surface area contributed by atoms with Crippen molar-refractivity contribution < 1.29 is 19.4 Å². The molecule has 1 aliphatic rings. The highest BCUT2D eigenvalue weighted by Crippen LogP contribution is 2.40. The van der Waals surface area contributed by atoms with Gasteiger partial charge in [0.25, 0.3) is 5.91 Å². The second-order valence-corrected chi connectivity index (χ2v) is 9.25. The van der Waals surface area contributed by atoms with Gasteiger partial charge in [-0.05, 0) is 43.5 Å². The molecule has 0 aliphatic carbocycles. The quantitative estimate of drug-likeness (QED) is 0.343. The number of benzene rings is 2. The number of aromatic nitrogens is 1. The number of nitrogens with zero attached hydrogens (tertiary/aromatic N) is 2. The Hall–Kier alpha value is -3.71. The summed E-state index contributed by atoms with van der Waals surface area (Å²) < 4.78 is 5.58. The molecule has 7 heteroatoms. The fourth-order valence-corrected chi connectivity index (χ4v) is 5.00. The number of ketones is 1. The van der Waals surface area contributed by atoms with Crippen LogP contribution in [0.5, 0.6) is 5.75 Å². The largest absolute Gasteiger partial charge is 0.503 e. The number of Topliss-reactive ketones (excluding diaryl/α,β-unsaturated/α-hetero) is 1. The van der Waals surface area contributed by atoms with Crippen molar-refractivity contribution in [1.29, 1.82) is 0 Å². The molecule has 1 unspecified atom stereocenters. The van der Waals surface area contributed by atoms with Crippen molar-refractivity contribution in [3.05, 3.63) is 105 Å². The molecular formula is C27H26N2O4S. The Labute approximate surface area is 202 Å². The smallest absolute Gasteiger partial charge is 0.290 e. The topological polar surface area (TPSA) is 79.7 Å². The first-order valence-corrected chi connectivity index (χ1v) is 11.8. The van der Waals surface area contributed by atoms with Crippen molar-refractivity contribution in [3.8, 4) is 5.75 Å². The number of thiazole rings is 1. The van der Waals surface area contributed by atoms with E-state index in [4.69, 9.17) is 4.74 Å². The fourth-order valence-electron chi connectivity index (χ4n) is 4.12. The molecule has 1 atom stereocenters. The van der Waals surface area contributed by atoms with Crippen LogP contribution in [0.1, 0.15) is 37.5 Å². The number of hydrogen-bond donors (Lipinski definition) is 1. The van der Waals surface area contributed by atoms with Crippen molar-refractivity contribution in [2.24, 2.45) is 0 Å². The van der Waals surface area contributed by atoms with Crippen LogP contribution in [-0.4, -0.2) is 39.8 Å². The van der Waals surface area contributed by atoms with Crippen LogP contribution in [0.25, 0.3) is 0 Å². The van der Waals surface area contributed by atoms with Gasteiger partial charge in [-0.1, -0.05) is 55.1 Å². The summed E-state index contributed by atoms with van der Waals surface area (Å²) >= 11 is 1.27. The van der Waals surface area contributed by atoms with E-state index in [1.165, 1.54) is 11.3 Å². The molecule has 1 amide bonds. The lowest BCUT2D eigenvalue weighted by Crippen LogP contribution is -2.33. The Morgan fingerprint density at radius 1 is 1.18 bits per heavy atom. The Bertz CT molecular complexity index is 1250. The zero-order valence-corrected chi connectivity index (χ0v) is 20.0. The minimum Gasteiger partial charge on any atom is -0.503 e. The monoisotopic (exact) mass is 474 g/mol. The maximum Gasteiger partial charge on any atom is 0.290 e. The average molecular weight is 475 g/mol. The van der Waals surface area contributed by atoms with E-state index in [0.29, 0.717) is 35.9 Å². The number of aliphatic hydroxyl groups excluding tert-OH is 1. The van der Waals surface area contributed by atoms with Crippen molar-refractivity contribution >= 4 is 23.0 Å². The van der Waals surface area contributed by atoms with E-state index in [-0.39, 0.29) is 11.4 Å². The van der Waals surface area contributed by atoms with Crippen LogP contribution in [0.2, 0.25) is 0 Å². The van der Waals surface area contributed by atoms with Gasteiger partial charge in [0.15, 0.2) is 5.76 Å². The van der Waals surface area contributed by atoms with Gasteiger partial charge in [0.05, 0.1) is 27.2 Å². The van der Waals surface area contributed by atoms with Gasteiger partial charge in [-0.3, -0.25) is 9.59 Å². The van der Waals surface area contributed by atoms with Crippen LogP contribution in [0, 0.1) is 13.8 Å². The molecule has 2 heterocycles. The van der Waals surface area contributed by atoms with Crippen LogP contribution >= 0.6 is 11.3 Å². The summed E-state index contributed by atoms with van der Waals surface area (Å²) in [7, 11) is 0. The van der Waals surface area contributed by atoms with E-state index in [2.05, 4.69) is 11.6 Å². The number of aliphatic hydroxyl groups is 1. The first kappa shape index (κ1) is 23.4. The van der Waals surface area contributed by atoms with Crippen LogP contribution in [0.4, 0.5) is 0 Å².